The number of hydrogen-bond acceptors (Lipinski definition) is 5. The summed E-state index contributed by atoms with van der Waals surface area (Å²) in [5.41, 5.74) is 6.69. The van der Waals surface area contributed by atoms with Gasteiger partial charge in [-0.25, -0.2) is 9.78 Å². The monoisotopic (exact) mass is 631 g/mol. The number of thioether (sulfide) groups is 2. The van der Waals surface area contributed by atoms with E-state index in [-0.39, 0.29) is 6.03 Å². The molecule has 0 atom stereocenters. The summed E-state index contributed by atoms with van der Waals surface area (Å²) in [6.07, 6.45) is 3.99. The molecule has 8 heteroatoms. The van der Waals surface area contributed by atoms with Crippen LogP contribution in [0.25, 0.3) is 22.1 Å². The maximum Gasteiger partial charge on any atom is 0.322 e. The number of aromatic nitrogens is 1. The number of urea groups is 1. The predicted octanol–water partition coefficient (Wildman–Crippen LogP) is 9.55. The molecule has 1 N–H and O–H groups in total. The van der Waals surface area contributed by atoms with Crippen LogP contribution in [0.5, 0.6) is 0 Å². The second-order valence-electron chi connectivity index (χ2n) is 9.53. The first-order valence-electron chi connectivity index (χ1n) is 12.8. The standard InChI is InChI=1S/C32H30BrN3O2S2/c1-20-10-15-26-25(16-20)29(23-11-13-24(33)14-12-23)27(38-26)19-36(18-22-8-6-5-7-9-22)32(37)35-30-28(39-3)17-21(2)34-31(30)40-4/h5-17H,18-19H2,1-4H3,(H,35,37). The zero-order chi connectivity index (χ0) is 28.2. The highest BCUT2D eigenvalue weighted by Gasteiger charge is 2.24. The van der Waals surface area contributed by atoms with Gasteiger partial charge in [-0.1, -0.05) is 70.0 Å². The molecule has 5 rings (SSSR count). The van der Waals surface area contributed by atoms with Gasteiger partial charge in [0.05, 0.1) is 12.2 Å². The van der Waals surface area contributed by atoms with Gasteiger partial charge in [-0.05, 0) is 67.8 Å². The Morgan fingerprint density at radius 3 is 2.40 bits per heavy atom. The number of carbonyl (C=O) groups is 1. The number of pyridine rings is 1. The van der Waals surface area contributed by atoms with Gasteiger partial charge in [-0.3, -0.25) is 0 Å². The van der Waals surface area contributed by atoms with Crippen molar-refractivity contribution in [1.29, 1.82) is 0 Å². The predicted molar refractivity (Wildman–Crippen MR) is 171 cm³/mol. The van der Waals surface area contributed by atoms with E-state index >= 15 is 0 Å². The molecular weight excluding hydrogens is 602 g/mol. The van der Waals surface area contributed by atoms with E-state index in [0.717, 1.165) is 64.8 Å². The van der Waals surface area contributed by atoms with Crippen LogP contribution in [0.3, 0.4) is 0 Å². The summed E-state index contributed by atoms with van der Waals surface area (Å²) in [4.78, 5) is 21.5. The lowest BCUT2D eigenvalue weighted by molar-refractivity contribution is 0.202. The topological polar surface area (TPSA) is 58.4 Å². The summed E-state index contributed by atoms with van der Waals surface area (Å²) in [5, 5.41) is 5.03. The third-order valence-electron chi connectivity index (χ3n) is 6.61. The Bertz CT molecular complexity index is 1630. The molecule has 0 aliphatic carbocycles. The number of nitrogens with zero attached hydrogens (tertiary/aromatic N) is 2. The molecule has 0 fully saturated rings. The molecule has 0 bridgehead atoms. The van der Waals surface area contributed by atoms with Crippen molar-refractivity contribution in [1.82, 2.24) is 9.88 Å². The molecule has 2 aromatic heterocycles. The van der Waals surface area contributed by atoms with E-state index in [1.54, 1.807) is 16.7 Å². The number of nitrogens with one attached hydrogen (secondary N) is 1. The first-order chi connectivity index (χ1) is 19.4. The Morgan fingerprint density at radius 2 is 1.70 bits per heavy atom. The Hall–Kier alpha value is -3.20. The van der Waals surface area contributed by atoms with Crippen LogP contribution in [0.1, 0.15) is 22.6 Å². The van der Waals surface area contributed by atoms with Gasteiger partial charge >= 0.3 is 6.03 Å². The fourth-order valence-corrected chi connectivity index (χ4v) is 6.28. The number of rotatable bonds is 8. The summed E-state index contributed by atoms with van der Waals surface area (Å²) in [5.74, 6) is 0.742. The molecule has 40 heavy (non-hydrogen) atoms. The van der Waals surface area contributed by atoms with Crippen LogP contribution in [-0.4, -0.2) is 28.4 Å². The zero-order valence-electron chi connectivity index (χ0n) is 22.8. The number of fused-ring (bicyclic) bond motifs is 1. The van der Waals surface area contributed by atoms with Gasteiger partial charge in [0.15, 0.2) is 0 Å². The number of hydrogen-bond donors (Lipinski definition) is 1. The molecule has 0 unspecified atom stereocenters. The smallest absolute Gasteiger partial charge is 0.322 e. The van der Waals surface area contributed by atoms with E-state index in [1.165, 1.54) is 11.8 Å². The van der Waals surface area contributed by atoms with Crippen LogP contribution >= 0.6 is 39.5 Å². The van der Waals surface area contributed by atoms with Crippen molar-refractivity contribution >= 4 is 62.1 Å². The second-order valence-corrected chi connectivity index (χ2v) is 12.1. The minimum atomic E-state index is -0.210. The molecule has 5 nitrogen and oxygen atoms in total. The van der Waals surface area contributed by atoms with E-state index in [2.05, 4.69) is 51.4 Å². The second kappa shape index (κ2) is 12.5. The number of carbonyl (C=O) groups excluding carboxylic acids is 1. The van der Waals surface area contributed by atoms with Gasteiger partial charge in [-0.15, -0.1) is 23.5 Å². The van der Waals surface area contributed by atoms with Crippen LogP contribution in [-0.2, 0) is 13.1 Å². The third kappa shape index (κ3) is 6.24. The van der Waals surface area contributed by atoms with Crippen LogP contribution in [0, 0.1) is 13.8 Å². The van der Waals surface area contributed by atoms with E-state index in [9.17, 15) is 4.79 Å². The van der Waals surface area contributed by atoms with Crippen LogP contribution in [0.15, 0.2) is 97.7 Å². The molecule has 2 heterocycles. The summed E-state index contributed by atoms with van der Waals surface area (Å²) < 4.78 is 7.47. The van der Waals surface area contributed by atoms with Crippen molar-refractivity contribution in [3.05, 3.63) is 106 Å². The van der Waals surface area contributed by atoms with E-state index in [1.807, 2.05) is 80.1 Å². The summed E-state index contributed by atoms with van der Waals surface area (Å²) in [6, 6.07) is 26.2. The molecule has 2 amide bonds. The lowest BCUT2D eigenvalue weighted by Crippen LogP contribution is -2.34. The van der Waals surface area contributed by atoms with Crippen molar-refractivity contribution in [2.24, 2.45) is 0 Å². The van der Waals surface area contributed by atoms with Crippen LogP contribution in [0.2, 0.25) is 0 Å². The molecule has 0 radical (unpaired) electrons. The van der Waals surface area contributed by atoms with E-state index < -0.39 is 0 Å². The highest BCUT2D eigenvalue weighted by molar-refractivity contribution is 9.10. The largest absolute Gasteiger partial charge is 0.459 e. The Balaban J connectivity index is 1.58. The van der Waals surface area contributed by atoms with Gasteiger partial charge in [0.2, 0.25) is 0 Å². The first kappa shape index (κ1) is 28.3. The van der Waals surface area contributed by atoms with Crippen LogP contribution < -0.4 is 5.32 Å². The highest BCUT2D eigenvalue weighted by atomic mass is 79.9. The molecule has 3 aromatic carbocycles. The number of furan rings is 1. The third-order valence-corrected chi connectivity index (χ3v) is 8.58. The molecular formula is C32H30BrN3O2S2. The number of aryl methyl sites for hydroxylation is 2. The summed E-state index contributed by atoms with van der Waals surface area (Å²) in [7, 11) is 0. The first-order valence-corrected chi connectivity index (χ1v) is 16.1. The Labute approximate surface area is 251 Å². The normalized spacial score (nSPS) is 11.1. The van der Waals surface area contributed by atoms with Gasteiger partial charge in [-0.2, -0.15) is 0 Å². The SMILES string of the molecule is CSc1cc(C)nc(SC)c1NC(=O)N(Cc1ccccc1)Cc1oc2ccc(C)cc2c1-c1ccc(Br)cc1. The molecule has 0 saturated heterocycles. The zero-order valence-corrected chi connectivity index (χ0v) is 26.0. The van der Waals surface area contributed by atoms with Crippen molar-refractivity contribution in [3.8, 4) is 11.1 Å². The average molecular weight is 633 g/mol. The summed E-state index contributed by atoms with van der Waals surface area (Å²) >= 11 is 6.67. The maximum atomic E-state index is 14.0. The van der Waals surface area contributed by atoms with Crippen molar-refractivity contribution < 1.29 is 9.21 Å². The summed E-state index contributed by atoms with van der Waals surface area (Å²) in [6.45, 7) is 4.77. The van der Waals surface area contributed by atoms with E-state index in [4.69, 9.17) is 4.42 Å². The van der Waals surface area contributed by atoms with Gasteiger partial charge in [0.1, 0.15) is 16.4 Å². The molecule has 0 aliphatic heterocycles. The van der Waals surface area contributed by atoms with Gasteiger partial charge in [0, 0.05) is 32.6 Å². The van der Waals surface area contributed by atoms with E-state index in [0.29, 0.717) is 13.1 Å². The minimum absolute atomic E-state index is 0.210. The fraction of sp³-hybridized carbons (Fsp3) is 0.188. The van der Waals surface area contributed by atoms with Crippen LogP contribution in [0.4, 0.5) is 10.5 Å². The van der Waals surface area contributed by atoms with Gasteiger partial charge < -0.3 is 14.6 Å². The minimum Gasteiger partial charge on any atom is -0.459 e. The quantitative estimate of drug-likeness (QED) is 0.173. The highest BCUT2D eigenvalue weighted by Crippen LogP contribution is 2.38. The lowest BCUT2D eigenvalue weighted by atomic mass is 10.0. The number of anilines is 1. The number of halogens is 1. The number of amides is 2. The van der Waals surface area contributed by atoms with Crippen molar-refractivity contribution in [2.45, 2.75) is 36.9 Å². The molecule has 0 saturated carbocycles. The Morgan fingerprint density at radius 1 is 0.950 bits per heavy atom. The van der Waals surface area contributed by atoms with Crippen molar-refractivity contribution in [3.63, 3.8) is 0 Å². The lowest BCUT2D eigenvalue weighted by Gasteiger charge is -2.24. The molecule has 204 valence electrons. The maximum absolute atomic E-state index is 14.0. The molecule has 0 spiro atoms. The molecule has 0 aliphatic rings. The number of benzene rings is 3. The average Bonchev–Trinajstić information content (AvgIpc) is 3.31. The Kier molecular flexibility index (Phi) is 8.88. The fourth-order valence-electron chi connectivity index (χ4n) is 4.71. The molecule has 5 aromatic rings. The van der Waals surface area contributed by atoms with Gasteiger partial charge in [0.25, 0.3) is 0 Å². The van der Waals surface area contributed by atoms with Crippen molar-refractivity contribution in [2.75, 3.05) is 17.8 Å².